The lowest BCUT2D eigenvalue weighted by atomic mass is 9.80. The van der Waals surface area contributed by atoms with Gasteiger partial charge in [-0.1, -0.05) is 32.0 Å². The first-order valence-corrected chi connectivity index (χ1v) is 16.2. The molecule has 6 rings (SSSR count). The number of fused-ring (bicyclic) bond motifs is 1. The summed E-state index contributed by atoms with van der Waals surface area (Å²) in [6.07, 6.45) is 5.16. The number of aryl methyl sites for hydroxylation is 2. The van der Waals surface area contributed by atoms with Gasteiger partial charge in [0.25, 0.3) is 0 Å². The molecule has 1 N–H and O–H groups in total. The second-order valence-electron chi connectivity index (χ2n) is 13.1. The molecule has 10 heteroatoms. The number of carboxylic acids is 1. The quantitative estimate of drug-likeness (QED) is 0.246. The van der Waals surface area contributed by atoms with Crippen LogP contribution >= 0.6 is 0 Å². The van der Waals surface area contributed by atoms with E-state index in [9.17, 15) is 23.1 Å². The van der Waals surface area contributed by atoms with Gasteiger partial charge in [-0.25, -0.2) is 0 Å². The normalized spacial score (nSPS) is 20.2. The zero-order chi connectivity index (χ0) is 31.9. The third-order valence-electron chi connectivity index (χ3n) is 10.1. The highest BCUT2D eigenvalue weighted by Gasteiger charge is 2.43. The van der Waals surface area contributed by atoms with Crippen LogP contribution in [-0.4, -0.2) is 50.8 Å². The maximum absolute atomic E-state index is 13.4. The van der Waals surface area contributed by atoms with Crippen molar-refractivity contribution in [3.63, 3.8) is 0 Å². The van der Waals surface area contributed by atoms with Gasteiger partial charge in [0.05, 0.1) is 12.1 Å². The van der Waals surface area contributed by atoms with Crippen molar-refractivity contribution >= 4 is 5.97 Å². The molecule has 0 radical (unpaired) electrons. The number of hydrogen-bond acceptors (Lipinski definition) is 5. The van der Waals surface area contributed by atoms with Gasteiger partial charge in [-0.3, -0.25) is 14.4 Å². The lowest BCUT2D eigenvalue weighted by molar-refractivity contribution is -0.275. The summed E-state index contributed by atoms with van der Waals surface area (Å²) in [5, 5.41) is 14.1. The van der Waals surface area contributed by atoms with E-state index in [1.54, 1.807) is 25.3 Å². The number of benzene rings is 2. The predicted molar refractivity (Wildman–Crippen MR) is 164 cm³/mol. The van der Waals surface area contributed by atoms with Crippen LogP contribution in [0.4, 0.5) is 13.2 Å². The Bertz CT molecular complexity index is 1520. The monoisotopic (exact) mass is 625 g/mol. The van der Waals surface area contributed by atoms with Crippen molar-refractivity contribution in [3.05, 3.63) is 65.5 Å². The van der Waals surface area contributed by atoms with Crippen molar-refractivity contribution in [1.82, 2.24) is 14.7 Å². The fourth-order valence-electron chi connectivity index (χ4n) is 7.31. The number of rotatable bonds is 10. The third-order valence-corrected chi connectivity index (χ3v) is 10.1. The Hall–Kier alpha value is -3.53. The molecule has 1 spiro atoms. The Kier molecular flexibility index (Phi) is 8.63. The summed E-state index contributed by atoms with van der Waals surface area (Å²) < 4.78 is 53.3. The SMILES string of the molecule is CCCn1cc(-c2ccc(OC(F)(F)F)c(C(C)N3CCC4(CCc5ccc(C(C6CC6)[C@H](C)C(=O)O)cc5O4)CC3)c2)cn1. The third kappa shape index (κ3) is 6.86. The Labute approximate surface area is 262 Å². The minimum absolute atomic E-state index is 0.0261. The van der Waals surface area contributed by atoms with Crippen LogP contribution in [-0.2, 0) is 17.8 Å². The lowest BCUT2D eigenvalue weighted by Gasteiger charge is -2.46. The standard InChI is InChI=1S/C35H42F3N3O4/c1-4-15-41-21-28(20-39-41)26-9-10-30(45-35(36,37)38)29(18-26)23(3)40-16-13-34(14-17-40)12-11-24-5-8-27(19-31(24)44-34)32(25-6-7-25)22(2)33(42)43/h5,8-10,18-23,25,32H,4,6-7,11-17H2,1-3H3,(H,42,43)/t22-,23?,32?/m0/s1. The molecule has 1 aromatic heterocycles. The summed E-state index contributed by atoms with van der Waals surface area (Å²) in [5.74, 6) is -0.202. The lowest BCUT2D eigenvalue weighted by Crippen LogP contribution is -2.50. The Morgan fingerprint density at radius 3 is 2.53 bits per heavy atom. The van der Waals surface area contributed by atoms with Gasteiger partial charge < -0.3 is 14.6 Å². The van der Waals surface area contributed by atoms with E-state index in [-0.39, 0.29) is 23.3 Å². The van der Waals surface area contributed by atoms with Crippen LogP contribution in [0.5, 0.6) is 11.5 Å². The number of piperidine rings is 1. The van der Waals surface area contributed by atoms with Crippen molar-refractivity contribution in [2.45, 2.75) is 96.2 Å². The summed E-state index contributed by atoms with van der Waals surface area (Å²) in [6.45, 7) is 7.90. The first kappa shape index (κ1) is 31.5. The largest absolute Gasteiger partial charge is 0.573 e. The number of carboxylic acid groups (broad SMARTS) is 1. The number of halogens is 3. The topological polar surface area (TPSA) is 76.8 Å². The van der Waals surface area contributed by atoms with Crippen LogP contribution in [0.1, 0.15) is 87.9 Å². The Morgan fingerprint density at radius 1 is 1.11 bits per heavy atom. The molecule has 1 saturated carbocycles. The maximum Gasteiger partial charge on any atom is 0.573 e. The van der Waals surface area contributed by atoms with Crippen molar-refractivity contribution in [2.75, 3.05) is 13.1 Å². The molecular formula is C35H42F3N3O4. The van der Waals surface area contributed by atoms with Crippen molar-refractivity contribution in [1.29, 1.82) is 0 Å². The summed E-state index contributed by atoms with van der Waals surface area (Å²) >= 11 is 0. The molecule has 2 aromatic carbocycles. The van der Waals surface area contributed by atoms with Crippen molar-refractivity contribution in [3.8, 4) is 22.6 Å². The fourth-order valence-corrected chi connectivity index (χ4v) is 7.31. The van der Waals surface area contributed by atoms with Crippen LogP contribution < -0.4 is 9.47 Å². The van der Waals surface area contributed by atoms with Gasteiger partial charge in [0.15, 0.2) is 0 Å². The second-order valence-corrected chi connectivity index (χ2v) is 13.1. The van der Waals surface area contributed by atoms with E-state index in [2.05, 4.69) is 39.9 Å². The van der Waals surface area contributed by atoms with Gasteiger partial charge >= 0.3 is 12.3 Å². The van der Waals surface area contributed by atoms with Gasteiger partial charge in [0, 0.05) is 43.0 Å². The second kappa shape index (κ2) is 12.3. The zero-order valence-electron chi connectivity index (χ0n) is 26.1. The number of hydrogen-bond donors (Lipinski definition) is 1. The molecule has 2 aliphatic heterocycles. The molecule has 45 heavy (non-hydrogen) atoms. The molecule has 3 aliphatic rings. The van der Waals surface area contributed by atoms with Crippen LogP contribution in [0.2, 0.25) is 0 Å². The number of carbonyl (C=O) groups is 1. The predicted octanol–water partition coefficient (Wildman–Crippen LogP) is 7.99. The summed E-state index contributed by atoms with van der Waals surface area (Å²) in [6, 6.07) is 10.8. The minimum Gasteiger partial charge on any atom is -0.487 e. The van der Waals surface area contributed by atoms with Gasteiger partial charge in [0.1, 0.15) is 17.1 Å². The molecule has 242 valence electrons. The van der Waals surface area contributed by atoms with E-state index in [0.717, 1.165) is 79.5 Å². The number of alkyl halides is 3. The van der Waals surface area contributed by atoms with E-state index in [4.69, 9.17) is 4.74 Å². The molecule has 1 saturated heterocycles. The molecule has 7 nitrogen and oxygen atoms in total. The molecule has 2 fully saturated rings. The van der Waals surface area contributed by atoms with Crippen molar-refractivity contribution < 1.29 is 32.5 Å². The van der Waals surface area contributed by atoms with Crippen LogP contribution in [0.25, 0.3) is 11.1 Å². The number of aromatic nitrogens is 2. The van der Waals surface area contributed by atoms with Gasteiger partial charge in [0.2, 0.25) is 0 Å². The molecule has 1 aliphatic carbocycles. The fraction of sp³-hybridized carbons (Fsp3) is 0.543. The molecule has 0 bridgehead atoms. The van der Waals surface area contributed by atoms with E-state index in [1.165, 1.54) is 6.07 Å². The highest BCUT2D eigenvalue weighted by atomic mass is 19.4. The van der Waals surface area contributed by atoms with E-state index >= 15 is 0 Å². The average Bonchev–Trinajstić information content (AvgIpc) is 3.73. The van der Waals surface area contributed by atoms with Gasteiger partial charge in [-0.15, -0.1) is 13.2 Å². The van der Waals surface area contributed by atoms with Gasteiger partial charge in [-0.05, 0) is 98.6 Å². The zero-order valence-corrected chi connectivity index (χ0v) is 26.1. The van der Waals surface area contributed by atoms with E-state index in [1.807, 2.05) is 17.8 Å². The summed E-state index contributed by atoms with van der Waals surface area (Å²) in [4.78, 5) is 14.1. The molecule has 2 unspecified atom stereocenters. The van der Waals surface area contributed by atoms with E-state index in [0.29, 0.717) is 24.6 Å². The average molecular weight is 626 g/mol. The number of ether oxygens (including phenoxy) is 2. The van der Waals surface area contributed by atoms with Crippen LogP contribution in [0, 0.1) is 11.8 Å². The number of likely N-dealkylation sites (tertiary alicyclic amines) is 1. The van der Waals surface area contributed by atoms with Crippen molar-refractivity contribution in [2.24, 2.45) is 11.8 Å². The van der Waals surface area contributed by atoms with Crippen LogP contribution in [0.3, 0.4) is 0 Å². The van der Waals surface area contributed by atoms with Gasteiger partial charge in [-0.2, -0.15) is 5.10 Å². The summed E-state index contributed by atoms with van der Waals surface area (Å²) in [7, 11) is 0. The first-order valence-electron chi connectivity index (χ1n) is 16.2. The maximum atomic E-state index is 13.4. The Morgan fingerprint density at radius 2 is 1.87 bits per heavy atom. The highest BCUT2D eigenvalue weighted by molar-refractivity contribution is 5.71. The Balaban J connectivity index is 1.19. The number of nitrogens with zero attached hydrogens (tertiary/aromatic N) is 3. The van der Waals surface area contributed by atoms with E-state index < -0.39 is 18.2 Å². The molecule has 0 amide bonds. The molecule has 3 atom stereocenters. The summed E-state index contributed by atoms with van der Waals surface area (Å²) in [5.41, 5.74) is 3.96. The number of aliphatic carboxylic acids is 1. The van der Waals surface area contributed by atoms with Crippen LogP contribution in [0.15, 0.2) is 48.8 Å². The molecule has 3 heterocycles. The molecular weight excluding hydrogens is 583 g/mol. The highest BCUT2D eigenvalue weighted by Crippen LogP contribution is 2.49. The minimum atomic E-state index is -4.79. The first-order chi connectivity index (χ1) is 21.4. The smallest absolute Gasteiger partial charge is 0.487 e. The molecule has 3 aromatic rings.